The van der Waals surface area contributed by atoms with E-state index in [-0.39, 0.29) is 6.54 Å². The number of cyclic esters (lactones) is 1. The monoisotopic (exact) mass is 533 g/mol. The highest BCUT2D eigenvalue weighted by molar-refractivity contribution is 5.73. The average molecular weight is 534 g/mol. The summed E-state index contributed by atoms with van der Waals surface area (Å²) in [6.07, 6.45) is -3.05. The van der Waals surface area contributed by atoms with E-state index in [0.717, 1.165) is 52.2 Å². The average Bonchev–Trinajstić information content (AvgIpc) is 3.45. The zero-order chi connectivity index (χ0) is 27.9. The standard InChI is InChI=1S/C31H30F3N3O2/c1-5-22-18-37(26-9-7-6-8-10-26)35-28(22)27-12-11-19(2)13-24(27)17-36-21(4)29(39-30(36)38)23-14-20(3)15-25(16-23)31(32,33)34/h6-16,18,21,29H,5,17H2,1-4H3/t21-,29-/m0/s1. The Balaban J connectivity index is 1.49. The number of amides is 1. The Morgan fingerprint density at radius 2 is 1.69 bits per heavy atom. The first-order valence-electron chi connectivity index (χ1n) is 12.9. The van der Waals surface area contributed by atoms with Gasteiger partial charge in [-0.15, -0.1) is 0 Å². The van der Waals surface area contributed by atoms with E-state index in [1.807, 2.05) is 73.3 Å². The molecule has 1 aliphatic rings. The largest absolute Gasteiger partial charge is 0.439 e. The molecule has 0 bridgehead atoms. The maximum absolute atomic E-state index is 13.5. The zero-order valence-electron chi connectivity index (χ0n) is 22.3. The van der Waals surface area contributed by atoms with Gasteiger partial charge in [0.05, 0.1) is 29.5 Å². The number of halogens is 3. The fourth-order valence-corrected chi connectivity index (χ4v) is 5.18. The molecule has 0 radical (unpaired) electrons. The van der Waals surface area contributed by atoms with Gasteiger partial charge in [-0.3, -0.25) is 4.90 Å². The van der Waals surface area contributed by atoms with Crippen LogP contribution in [0.4, 0.5) is 18.0 Å². The summed E-state index contributed by atoms with van der Waals surface area (Å²) in [4.78, 5) is 14.6. The van der Waals surface area contributed by atoms with Crippen molar-refractivity contribution in [3.63, 3.8) is 0 Å². The van der Waals surface area contributed by atoms with Gasteiger partial charge in [0.2, 0.25) is 0 Å². The van der Waals surface area contributed by atoms with Gasteiger partial charge >= 0.3 is 12.3 Å². The third-order valence-corrected chi connectivity index (χ3v) is 7.20. The van der Waals surface area contributed by atoms with E-state index >= 15 is 0 Å². The van der Waals surface area contributed by atoms with Gasteiger partial charge in [-0.25, -0.2) is 9.48 Å². The van der Waals surface area contributed by atoms with Crippen molar-refractivity contribution >= 4 is 6.09 Å². The Morgan fingerprint density at radius 3 is 2.38 bits per heavy atom. The molecule has 0 N–H and O–H groups in total. The number of alkyl halides is 3. The minimum Gasteiger partial charge on any atom is -0.439 e. The minimum absolute atomic E-state index is 0.243. The number of aromatic nitrogens is 2. The molecule has 2 heterocycles. The number of rotatable bonds is 6. The van der Waals surface area contributed by atoms with E-state index in [2.05, 4.69) is 6.92 Å². The van der Waals surface area contributed by atoms with Crippen LogP contribution in [0.25, 0.3) is 16.9 Å². The second-order valence-corrected chi connectivity index (χ2v) is 10.1. The molecule has 1 saturated heterocycles. The molecule has 0 saturated carbocycles. The van der Waals surface area contributed by atoms with Crippen LogP contribution in [-0.4, -0.2) is 26.8 Å². The van der Waals surface area contributed by atoms with E-state index in [1.54, 1.807) is 17.9 Å². The molecule has 5 rings (SSSR count). The fourth-order valence-electron chi connectivity index (χ4n) is 5.18. The van der Waals surface area contributed by atoms with Crippen molar-refractivity contribution in [3.05, 3.63) is 106 Å². The van der Waals surface area contributed by atoms with E-state index in [4.69, 9.17) is 9.84 Å². The lowest BCUT2D eigenvalue weighted by Gasteiger charge is -2.23. The molecule has 1 aromatic heterocycles. The highest BCUT2D eigenvalue weighted by atomic mass is 19.4. The van der Waals surface area contributed by atoms with Gasteiger partial charge in [-0.05, 0) is 68.1 Å². The zero-order valence-corrected chi connectivity index (χ0v) is 22.3. The number of para-hydroxylation sites is 1. The first kappa shape index (κ1) is 26.5. The Kier molecular flexibility index (Phi) is 6.97. The molecule has 1 aliphatic heterocycles. The van der Waals surface area contributed by atoms with Crippen molar-refractivity contribution in [2.45, 2.75) is 59.0 Å². The summed E-state index contributed by atoms with van der Waals surface area (Å²) in [5.41, 5.74) is 5.73. The van der Waals surface area contributed by atoms with Gasteiger partial charge in [0, 0.05) is 11.8 Å². The molecule has 202 valence electrons. The molecular formula is C31H30F3N3O2. The van der Waals surface area contributed by atoms with Crippen LogP contribution in [0.1, 0.15) is 53.3 Å². The Labute approximate surface area is 225 Å². The van der Waals surface area contributed by atoms with Gasteiger partial charge in [-0.1, -0.05) is 60.5 Å². The van der Waals surface area contributed by atoms with Crippen LogP contribution in [0.15, 0.2) is 72.9 Å². The number of ether oxygens (including phenoxy) is 1. The Bertz CT molecular complexity index is 1510. The number of hydrogen-bond donors (Lipinski definition) is 0. The lowest BCUT2D eigenvalue weighted by molar-refractivity contribution is -0.137. The van der Waals surface area contributed by atoms with Crippen molar-refractivity contribution < 1.29 is 22.7 Å². The van der Waals surface area contributed by atoms with Crippen LogP contribution in [0.3, 0.4) is 0 Å². The summed E-state index contributed by atoms with van der Waals surface area (Å²) in [5, 5.41) is 4.90. The number of hydrogen-bond acceptors (Lipinski definition) is 3. The van der Waals surface area contributed by atoms with E-state index in [9.17, 15) is 18.0 Å². The van der Waals surface area contributed by atoms with Crippen molar-refractivity contribution in [2.75, 3.05) is 0 Å². The molecule has 2 atom stereocenters. The van der Waals surface area contributed by atoms with Gasteiger partial charge in [-0.2, -0.15) is 18.3 Å². The smallest absolute Gasteiger partial charge is 0.416 e. The quantitative estimate of drug-likeness (QED) is 0.254. The van der Waals surface area contributed by atoms with Crippen LogP contribution in [0, 0.1) is 13.8 Å². The highest BCUT2D eigenvalue weighted by Crippen LogP contribution is 2.38. The van der Waals surface area contributed by atoms with Gasteiger partial charge in [0.15, 0.2) is 0 Å². The van der Waals surface area contributed by atoms with Crippen molar-refractivity contribution in [2.24, 2.45) is 0 Å². The van der Waals surface area contributed by atoms with Gasteiger partial charge in [0.1, 0.15) is 6.10 Å². The minimum atomic E-state index is -4.48. The van der Waals surface area contributed by atoms with Crippen LogP contribution in [0.5, 0.6) is 0 Å². The summed E-state index contributed by atoms with van der Waals surface area (Å²) in [7, 11) is 0. The van der Waals surface area contributed by atoms with E-state index in [1.165, 1.54) is 0 Å². The Hall–Kier alpha value is -4.07. The van der Waals surface area contributed by atoms with Crippen LogP contribution >= 0.6 is 0 Å². The molecule has 39 heavy (non-hydrogen) atoms. The molecule has 1 fully saturated rings. The normalized spacial score (nSPS) is 17.5. The second-order valence-electron chi connectivity index (χ2n) is 10.1. The first-order valence-corrected chi connectivity index (χ1v) is 12.9. The lowest BCUT2D eigenvalue weighted by Crippen LogP contribution is -2.31. The molecule has 5 nitrogen and oxygen atoms in total. The number of benzene rings is 3. The molecule has 0 spiro atoms. The van der Waals surface area contributed by atoms with Crippen molar-refractivity contribution in [1.82, 2.24) is 14.7 Å². The summed E-state index contributed by atoms with van der Waals surface area (Å²) in [6, 6.07) is 19.3. The van der Waals surface area contributed by atoms with E-state index in [0.29, 0.717) is 11.1 Å². The first-order chi connectivity index (χ1) is 18.5. The molecule has 1 amide bonds. The van der Waals surface area contributed by atoms with Crippen LogP contribution in [-0.2, 0) is 23.9 Å². The summed E-state index contributed by atoms with van der Waals surface area (Å²) < 4.78 is 47.9. The molecule has 8 heteroatoms. The number of aryl methyl sites for hydroxylation is 3. The summed E-state index contributed by atoms with van der Waals surface area (Å²) in [6.45, 7) is 7.72. The van der Waals surface area contributed by atoms with Crippen molar-refractivity contribution in [3.8, 4) is 16.9 Å². The molecular weight excluding hydrogens is 503 g/mol. The highest BCUT2D eigenvalue weighted by Gasteiger charge is 2.41. The third kappa shape index (κ3) is 5.28. The molecule has 0 unspecified atom stereocenters. The molecule has 0 aliphatic carbocycles. The maximum Gasteiger partial charge on any atom is 0.416 e. The maximum atomic E-state index is 13.5. The van der Waals surface area contributed by atoms with Gasteiger partial charge < -0.3 is 4.74 Å². The lowest BCUT2D eigenvalue weighted by atomic mass is 9.96. The SMILES string of the molecule is CCc1cn(-c2ccccc2)nc1-c1ccc(C)cc1CN1C(=O)O[C@H](c2cc(C)cc(C(F)(F)F)c2)[C@@H]1C. The molecule has 3 aromatic carbocycles. The fraction of sp³-hybridized carbons (Fsp3) is 0.290. The topological polar surface area (TPSA) is 47.4 Å². The second kappa shape index (κ2) is 10.2. The summed E-state index contributed by atoms with van der Waals surface area (Å²) in [5.74, 6) is 0. The molecule has 4 aromatic rings. The van der Waals surface area contributed by atoms with Crippen LogP contribution < -0.4 is 0 Å². The summed E-state index contributed by atoms with van der Waals surface area (Å²) >= 11 is 0. The number of nitrogens with zero attached hydrogens (tertiary/aromatic N) is 3. The van der Waals surface area contributed by atoms with E-state index < -0.39 is 30.0 Å². The third-order valence-electron chi connectivity index (χ3n) is 7.20. The Morgan fingerprint density at radius 1 is 0.949 bits per heavy atom. The number of carbonyl (C=O) groups is 1. The van der Waals surface area contributed by atoms with Crippen molar-refractivity contribution in [1.29, 1.82) is 0 Å². The van der Waals surface area contributed by atoms with Crippen LogP contribution in [0.2, 0.25) is 0 Å². The van der Waals surface area contributed by atoms with Gasteiger partial charge in [0.25, 0.3) is 0 Å². The predicted octanol–water partition coefficient (Wildman–Crippen LogP) is 7.82. The predicted molar refractivity (Wildman–Crippen MR) is 144 cm³/mol. The number of carbonyl (C=O) groups excluding carboxylic acids is 1.